The summed E-state index contributed by atoms with van der Waals surface area (Å²) in [6.45, 7) is 3.86. The normalized spacial score (nSPS) is 10.9. The van der Waals surface area contributed by atoms with Gasteiger partial charge in [0.2, 0.25) is 0 Å². The molecule has 0 aliphatic carbocycles. The van der Waals surface area contributed by atoms with Crippen molar-refractivity contribution in [2.75, 3.05) is 12.4 Å². The van der Waals surface area contributed by atoms with E-state index < -0.39 is 0 Å². The highest BCUT2D eigenvalue weighted by Crippen LogP contribution is 2.29. The van der Waals surface area contributed by atoms with Gasteiger partial charge in [-0.25, -0.2) is 4.52 Å². The first kappa shape index (κ1) is 20.0. The number of aromatic nitrogens is 4. The highest BCUT2D eigenvalue weighted by atomic mass is 79.9. The molecule has 0 aliphatic heterocycles. The Hall–Kier alpha value is -3.26. The number of rotatable bonds is 5. The van der Waals surface area contributed by atoms with Crippen LogP contribution in [0.15, 0.2) is 53.0 Å². The zero-order chi connectivity index (χ0) is 21.3. The lowest BCUT2D eigenvalue weighted by atomic mass is 10.0. The van der Waals surface area contributed by atoms with Crippen LogP contribution >= 0.6 is 15.9 Å². The minimum Gasteiger partial charge on any atom is -0.497 e. The molecule has 0 bridgehead atoms. The van der Waals surface area contributed by atoms with Gasteiger partial charge in [-0.3, -0.25) is 4.79 Å². The Labute approximate surface area is 182 Å². The molecule has 4 aromatic rings. The summed E-state index contributed by atoms with van der Waals surface area (Å²) >= 11 is 3.47. The van der Waals surface area contributed by atoms with E-state index in [0.717, 1.165) is 27.7 Å². The van der Waals surface area contributed by atoms with Crippen LogP contribution in [-0.4, -0.2) is 32.8 Å². The standard InChI is InChI=1S/C22H20BrN5O2/c1-4-18-19(14-8-10-15(23)11-9-14)21-26-25-20(13(2)28(21)27-18)22(29)24-16-6-5-7-17(12-16)30-3/h5-12H,4H2,1-3H3,(H,24,29). The number of nitrogens with one attached hydrogen (secondary N) is 1. The summed E-state index contributed by atoms with van der Waals surface area (Å²) in [5.74, 6) is 0.304. The van der Waals surface area contributed by atoms with Crippen LogP contribution in [0.3, 0.4) is 0 Å². The fraction of sp³-hybridized carbons (Fsp3) is 0.182. The number of hydrogen-bond donors (Lipinski definition) is 1. The Kier molecular flexibility index (Phi) is 5.50. The number of hydrogen-bond acceptors (Lipinski definition) is 5. The molecule has 8 heteroatoms. The van der Waals surface area contributed by atoms with Crippen molar-refractivity contribution in [1.82, 2.24) is 19.8 Å². The second-order valence-corrected chi connectivity index (χ2v) is 7.65. The molecule has 2 aromatic heterocycles. The molecule has 2 aromatic carbocycles. The van der Waals surface area contributed by atoms with E-state index >= 15 is 0 Å². The maximum atomic E-state index is 12.8. The molecule has 0 atom stereocenters. The van der Waals surface area contributed by atoms with Crippen molar-refractivity contribution >= 4 is 33.2 Å². The number of ether oxygens (including phenoxy) is 1. The maximum Gasteiger partial charge on any atom is 0.278 e. The van der Waals surface area contributed by atoms with Gasteiger partial charge in [0.1, 0.15) is 5.75 Å². The lowest BCUT2D eigenvalue weighted by Gasteiger charge is -2.09. The predicted molar refractivity (Wildman–Crippen MR) is 119 cm³/mol. The van der Waals surface area contributed by atoms with Gasteiger partial charge in [0.05, 0.1) is 24.1 Å². The summed E-state index contributed by atoms with van der Waals surface area (Å²) in [6, 6.07) is 15.1. The monoisotopic (exact) mass is 465 g/mol. The summed E-state index contributed by atoms with van der Waals surface area (Å²) in [5, 5.41) is 16.1. The smallest absolute Gasteiger partial charge is 0.278 e. The first-order chi connectivity index (χ1) is 14.5. The van der Waals surface area contributed by atoms with E-state index in [1.54, 1.807) is 23.8 Å². The molecule has 4 rings (SSSR count). The van der Waals surface area contributed by atoms with Crippen LogP contribution in [0.25, 0.3) is 16.8 Å². The van der Waals surface area contributed by atoms with Crippen molar-refractivity contribution in [1.29, 1.82) is 0 Å². The van der Waals surface area contributed by atoms with Crippen LogP contribution in [0.2, 0.25) is 0 Å². The molecule has 2 heterocycles. The van der Waals surface area contributed by atoms with E-state index in [0.29, 0.717) is 22.8 Å². The Balaban J connectivity index is 1.75. The third-order valence-corrected chi connectivity index (χ3v) is 5.38. The predicted octanol–water partition coefficient (Wildman–Crippen LogP) is 4.69. The quantitative estimate of drug-likeness (QED) is 0.462. The zero-order valence-electron chi connectivity index (χ0n) is 16.8. The first-order valence-electron chi connectivity index (χ1n) is 9.48. The van der Waals surface area contributed by atoms with Gasteiger partial charge in [-0.1, -0.05) is 41.1 Å². The number of nitrogens with zero attached hydrogens (tertiary/aromatic N) is 4. The first-order valence-corrected chi connectivity index (χ1v) is 10.3. The van der Waals surface area contributed by atoms with Gasteiger partial charge in [0.25, 0.3) is 5.91 Å². The van der Waals surface area contributed by atoms with Gasteiger partial charge in [-0.05, 0) is 43.2 Å². The summed E-state index contributed by atoms with van der Waals surface area (Å²) in [7, 11) is 1.58. The molecule has 0 aliphatic rings. The van der Waals surface area contributed by atoms with Gasteiger partial charge in [0.15, 0.2) is 11.3 Å². The largest absolute Gasteiger partial charge is 0.497 e. The summed E-state index contributed by atoms with van der Waals surface area (Å²) in [5.41, 5.74) is 4.93. The Bertz CT molecular complexity index is 1230. The lowest BCUT2D eigenvalue weighted by molar-refractivity contribution is 0.102. The number of carbonyl (C=O) groups excluding carboxylic acids is 1. The average Bonchev–Trinajstić information content (AvgIpc) is 3.14. The molecule has 0 unspecified atom stereocenters. The van der Waals surface area contributed by atoms with Crippen molar-refractivity contribution in [3.8, 4) is 16.9 Å². The molecule has 1 N–H and O–H groups in total. The van der Waals surface area contributed by atoms with Crippen molar-refractivity contribution < 1.29 is 9.53 Å². The van der Waals surface area contributed by atoms with E-state index in [1.165, 1.54) is 0 Å². The SMILES string of the molecule is CCc1nn2c(C)c(C(=O)Nc3cccc(OC)c3)nnc2c1-c1ccc(Br)cc1. The molecule has 0 saturated heterocycles. The fourth-order valence-electron chi connectivity index (χ4n) is 3.31. The van der Waals surface area contributed by atoms with Crippen LogP contribution in [-0.2, 0) is 6.42 Å². The third kappa shape index (κ3) is 3.66. The highest BCUT2D eigenvalue weighted by molar-refractivity contribution is 9.10. The summed E-state index contributed by atoms with van der Waals surface area (Å²) in [4.78, 5) is 12.8. The third-order valence-electron chi connectivity index (χ3n) is 4.85. The average molecular weight is 466 g/mol. The molecular formula is C22H20BrN5O2. The van der Waals surface area contributed by atoms with Crippen molar-refractivity contribution in [2.24, 2.45) is 0 Å². The molecule has 7 nitrogen and oxygen atoms in total. The van der Waals surface area contributed by atoms with Gasteiger partial charge in [0, 0.05) is 16.2 Å². The topological polar surface area (TPSA) is 81.4 Å². The van der Waals surface area contributed by atoms with Crippen LogP contribution in [0, 0.1) is 6.92 Å². The van der Waals surface area contributed by atoms with E-state index in [1.807, 2.05) is 50.2 Å². The second kappa shape index (κ2) is 8.23. The summed E-state index contributed by atoms with van der Waals surface area (Å²) in [6.07, 6.45) is 0.736. The second-order valence-electron chi connectivity index (χ2n) is 6.74. The molecule has 0 fully saturated rings. The molecular weight excluding hydrogens is 446 g/mol. The highest BCUT2D eigenvalue weighted by Gasteiger charge is 2.21. The van der Waals surface area contributed by atoms with Crippen LogP contribution in [0.5, 0.6) is 5.75 Å². The van der Waals surface area contributed by atoms with Gasteiger partial charge < -0.3 is 10.1 Å². The van der Waals surface area contributed by atoms with Crippen LogP contribution in [0.1, 0.15) is 28.8 Å². The minimum atomic E-state index is -0.353. The fourth-order valence-corrected chi connectivity index (χ4v) is 3.57. The molecule has 152 valence electrons. The van der Waals surface area contributed by atoms with Gasteiger partial charge >= 0.3 is 0 Å². The Morgan fingerprint density at radius 2 is 1.93 bits per heavy atom. The van der Waals surface area contributed by atoms with Crippen molar-refractivity contribution in [3.63, 3.8) is 0 Å². The Morgan fingerprint density at radius 1 is 1.17 bits per heavy atom. The number of benzene rings is 2. The number of halogens is 1. The Morgan fingerprint density at radius 3 is 2.63 bits per heavy atom. The zero-order valence-corrected chi connectivity index (χ0v) is 18.4. The molecule has 1 amide bonds. The number of anilines is 1. The van der Waals surface area contributed by atoms with Crippen LogP contribution < -0.4 is 10.1 Å². The molecule has 30 heavy (non-hydrogen) atoms. The lowest BCUT2D eigenvalue weighted by Crippen LogP contribution is -2.18. The van der Waals surface area contributed by atoms with E-state index in [4.69, 9.17) is 9.84 Å². The molecule has 0 spiro atoms. The van der Waals surface area contributed by atoms with Crippen LogP contribution in [0.4, 0.5) is 5.69 Å². The number of amides is 1. The van der Waals surface area contributed by atoms with E-state index in [-0.39, 0.29) is 11.6 Å². The number of methoxy groups -OCH3 is 1. The van der Waals surface area contributed by atoms with E-state index in [9.17, 15) is 4.79 Å². The van der Waals surface area contributed by atoms with Crippen molar-refractivity contribution in [2.45, 2.75) is 20.3 Å². The number of aryl methyl sites for hydroxylation is 2. The summed E-state index contributed by atoms with van der Waals surface area (Å²) < 4.78 is 7.90. The van der Waals surface area contributed by atoms with Gasteiger partial charge in [-0.15, -0.1) is 10.2 Å². The number of fused-ring (bicyclic) bond motifs is 1. The molecule has 0 radical (unpaired) electrons. The van der Waals surface area contributed by atoms with E-state index in [2.05, 4.69) is 31.4 Å². The maximum absolute atomic E-state index is 12.8. The number of carbonyl (C=O) groups is 1. The molecule has 0 saturated carbocycles. The van der Waals surface area contributed by atoms with Crippen molar-refractivity contribution in [3.05, 3.63) is 70.1 Å². The minimum absolute atomic E-state index is 0.220. The van der Waals surface area contributed by atoms with Gasteiger partial charge in [-0.2, -0.15) is 5.10 Å².